The third-order valence-corrected chi connectivity index (χ3v) is 13.2. The van der Waals surface area contributed by atoms with Gasteiger partial charge < -0.3 is 25.2 Å². The fourth-order valence-corrected chi connectivity index (χ4v) is 9.19. The number of carbonyl (C=O) groups is 5. The van der Waals surface area contributed by atoms with Gasteiger partial charge in [0.1, 0.15) is 24.2 Å². The van der Waals surface area contributed by atoms with Crippen LogP contribution >= 0.6 is 11.3 Å². The Morgan fingerprint density at radius 3 is 2.57 bits per heavy atom. The minimum absolute atomic E-state index is 0.0141. The lowest BCUT2D eigenvalue weighted by atomic mass is 10.0. The Kier molecular flexibility index (Phi) is 10.6. The number of fused-ring (bicyclic) bond motifs is 3. The van der Waals surface area contributed by atoms with E-state index in [-0.39, 0.29) is 32.7 Å². The molecule has 1 unspecified atom stereocenters. The number of benzene rings is 2. The van der Waals surface area contributed by atoms with E-state index in [0.717, 1.165) is 29.2 Å². The Hall–Kier alpha value is -4.76. The monoisotopic (exact) mass is 761 g/mol. The first-order chi connectivity index (χ1) is 25.6. The highest BCUT2D eigenvalue weighted by atomic mass is 32.2. The molecule has 0 spiro atoms. The fraction of sp³-hybridized carbons (Fsp3) is 0.447. The number of rotatable bonds is 7. The minimum atomic E-state index is -3.91. The molecule has 4 atom stereocenters. The molecule has 1 aromatic heterocycles. The molecule has 2 aliphatic carbocycles. The van der Waals surface area contributed by atoms with Crippen LogP contribution in [0.3, 0.4) is 0 Å². The van der Waals surface area contributed by atoms with E-state index in [0.29, 0.717) is 37.0 Å². The smallest absolute Gasteiger partial charge is 0.410 e. The molecule has 7 rings (SSSR count). The van der Waals surface area contributed by atoms with Gasteiger partial charge in [0, 0.05) is 19.0 Å². The van der Waals surface area contributed by atoms with Crippen LogP contribution in [0.15, 0.2) is 72.1 Å². The third kappa shape index (κ3) is 8.10. The maximum absolute atomic E-state index is 14.4. The highest BCUT2D eigenvalue weighted by molar-refractivity contribution is 7.91. The quantitative estimate of drug-likeness (QED) is 0.305. The van der Waals surface area contributed by atoms with Crippen LogP contribution in [0.25, 0.3) is 10.8 Å². The number of nitrogens with zero attached hydrogens (tertiary/aromatic N) is 2. The van der Waals surface area contributed by atoms with Gasteiger partial charge in [-0.3, -0.25) is 23.9 Å². The first kappa shape index (κ1) is 36.6. The maximum atomic E-state index is 14.4. The highest BCUT2D eigenvalue weighted by Crippen LogP contribution is 2.46. The molecule has 53 heavy (non-hydrogen) atoms. The molecule has 4 aliphatic rings. The van der Waals surface area contributed by atoms with E-state index in [1.54, 1.807) is 17.5 Å². The number of amides is 5. The van der Waals surface area contributed by atoms with Crippen LogP contribution in [0.5, 0.6) is 0 Å². The van der Waals surface area contributed by atoms with E-state index < -0.39 is 68.5 Å². The summed E-state index contributed by atoms with van der Waals surface area (Å²) in [6.07, 6.45) is 7.44. The molecule has 13 nitrogen and oxygen atoms in total. The van der Waals surface area contributed by atoms with Crippen LogP contribution in [0.2, 0.25) is 0 Å². The number of ether oxygens (including phenoxy) is 1. The Bertz CT molecular complexity index is 2030. The van der Waals surface area contributed by atoms with Crippen LogP contribution in [0.4, 0.5) is 4.79 Å². The molecule has 3 heterocycles. The normalized spacial score (nSPS) is 25.8. The number of hydrogen-bond acceptors (Lipinski definition) is 9. The number of nitrogens with one attached hydrogen (secondary N) is 3. The van der Waals surface area contributed by atoms with Crippen LogP contribution < -0.4 is 15.4 Å². The third-order valence-electron chi connectivity index (χ3n) is 10.5. The summed E-state index contributed by atoms with van der Waals surface area (Å²) in [4.78, 5) is 72.4. The molecule has 5 amide bonds. The van der Waals surface area contributed by atoms with Crippen molar-refractivity contribution in [1.82, 2.24) is 25.2 Å². The molecular formula is C38H43N5O8S2. The van der Waals surface area contributed by atoms with Gasteiger partial charge in [0.15, 0.2) is 0 Å². The fourth-order valence-electron chi connectivity index (χ4n) is 7.20. The van der Waals surface area contributed by atoms with E-state index in [2.05, 4.69) is 15.4 Å². The molecule has 0 radical (unpaired) electrons. The molecule has 1 saturated heterocycles. The van der Waals surface area contributed by atoms with Gasteiger partial charge in [-0.1, -0.05) is 73.5 Å². The van der Waals surface area contributed by atoms with Gasteiger partial charge in [0.05, 0.1) is 16.7 Å². The van der Waals surface area contributed by atoms with Gasteiger partial charge in [0.25, 0.3) is 11.8 Å². The number of carbonyl (C=O) groups excluding carboxylic acids is 5. The second-order valence-electron chi connectivity index (χ2n) is 14.2. The lowest BCUT2D eigenvalue weighted by Gasteiger charge is -2.41. The number of thiophene rings is 1. The molecule has 3 N–H and O–H groups in total. The molecule has 2 aliphatic heterocycles. The Morgan fingerprint density at radius 2 is 1.77 bits per heavy atom. The van der Waals surface area contributed by atoms with Gasteiger partial charge >= 0.3 is 6.09 Å². The van der Waals surface area contributed by atoms with Gasteiger partial charge in [0.2, 0.25) is 21.8 Å². The van der Waals surface area contributed by atoms with Gasteiger partial charge in [-0.25, -0.2) is 13.2 Å². The zero-order valence-electron chi connectivity index (χ0n) is 29.2. The van der Waals surface area contributed by atoms with Crippen molar-refractivity contribution in [2.24, 2.45) is 5.92 Å². The summed E-state index contributed by atoms with van der Waals surface area (Å²) in [6, 6.07) is 14.7. The summed E-state index contributed by atoms with van der Waals surface area (Å²) in [5, 5.41) is 8.77. The topological polar surface area (TPSA) is 171 Å². The maximum Gasteiger partial charge on any atom is 0.410 e. The van der Waals surface area contributed by atoms with Crippen molar-refractivity contribution in [2.75, 3.05) is 19.6 Å². The van der Waals surface area contributed by atoms with Crippen molar-refractivity contribution >= 4 is 61.9 Å². The molecule has 2 aromatic carbocycles. The van der Waals surface area contributed by atoms with Crippen molar-refractivity contribution in [3.8, 4) is 0 Å². The van der Waals surface area contributed by atoms with Gasteiger partial charge in [-0.05, 0) is 66.3 Å². The van der Waals surface area contributed by atoms with Crippen molar-refractivity contribution < 1.29 is 37.1 Å². The van der Waals surface area contributed by atoms with E-state index in [9.17, 15) is 32.4 Å². The van der Waals surface area contributed by atoms with Crippen LogP contribution in [-0.2, 0) is 35.8 Å². The summed E-state index contributed by atoms with van der Waals surface area (Å²) in [6.45, 7) is -0.230. The molecule has 280 valence electrons. The van der Waals surface area contributed by atoms with E-state index >= 15 is 0 Å². The lowest BCUT2D eigenvalue weighted by molar-refractivity contribution is -0.146. The van der Waals surface area contributed by atoms with Crippen molar-refractivity contribution in [1.29, 1.82) is 0 Å². The first-order valence-corrected chi connectivity index (χ1v) is 20.6. The number of allylic oxidation sites excluding steroid dienone is 1. The van der Waals surface area contributed by atoms with Crippen molar-refractivity contribution in [2.45, 2.75) is 80.8 Å². The van der Waals surface area contributed by atoms with Crippen LogP contribution in [-0.4, -0.2) is 90.4 Å². The van der Waals surface area contributed by atoms with Crippen molar-refractivity contribution in [3.05, 3.63) is 82.6 Å². The van der Waals surface area contributed by atoms with Gasteiger partial charge in [-0.15, -0.1) is 11.3 Å². The number of piperazine rings is 1. The summed E-state index contributed by atoms with van der Waals surface area (Å²) < 4.78 is 33.6. The average Bonchev–Trinajstić information content (AvgIpc) is 4.07. The highest BCUT2D eigenvalue weighted by Gasteiger charge is 2.62. The largest absolute Gasteiger partial charge is 0.445 e. The Morgan fingerprint density at radius 1 is 0.962 bits per heavy atom. The molecule has 15 heteroatoms. The second-order valence-corrected chi connectivity index (χ2v) is 17.1. The second kappa shape index (κ2) is 15.3. The number of hydrogen-bond donors (Lipinski definition) is 3. The lowest BCUT2D eigenvalue weighted by Crippen LogP contribution is -2.66. The predicted octanol–water partition coefficient (Wildman–Crippen LogP) is 3.85. The summed E-state index contributed by atoms with van der Waals surface area (Å²) in [5.74, 6) is -2.87. The zero-order valence-corrected chi connectivity index (χ0v) is 30.8. The van der Waals surface area contributed by atoms with Crippen LogP contribution in [0, 0.1) is 5.92 Å². The number of sulfonamides is 1. The molecule has 3 aromatic rings. The Labute approximate surface area is 312 Å². The standard InChI is InChI=1S/C38H43N5O8S2/c44-33-31-23-42(37(48)51-24-26-12-8-11-25-10-6-7-14-29(25)26)19-20-43(31)35(46)30(39-34(45)32-16-9-21-52-32)15-5-3-1-2-4-13-27-22-38(27,40-33)36(47)41-53(49,50)28-17-18-28/h4,6-14,16,21,27-28,30-31H,1-3,5,15,17-20,22-24H2,(H,39,45)(H,40,44)(H,41,47)/b13-4+/t27?,30-,31-,38-/m0/s1. The SMILES string of the molecule is O=C(N[C@H]1CCCCC/C=C/C2C[C@]2(C(=O)NS(=O)(=O)C2CC2)NC(=O)[C@@H]2CN(C(=O)OCc3cccc4ccccc34)CCN2C1=O)c1cccs1. The molecule has 2 saturated carbocycles. The van der Waals surface area contributed by atoms with Gasteiger partial charge in [-0.2, -0.15) is 0 Å². The van der Waals surface area contributed by atoms with E-state index in [1.165, 1.54) is 21.1 Å². The van der Waals surface area contributed by atoms with E-state index in [4.69, 9.17) is 4.74 Å². The summed E-state index contributed by atoms with van der Waals surface area (Å²) in [5.41, 5.74) is -0.739. The summed E-state index contributed by atoms with van der Waals surface area (Å²) >= 11 is 1.25. The molecular weight excluding hydrogens is 719 g/mol. The molecule has 0 bridgehead atoms. The molecule has 3 fully saturated rings. The zero-order chi connectivity index (χ0) is 37.2. The minimum Gasteiger partial charge on any atom is -0.445 e. The summed E-state index contributed by atoms with van der Waals surface area (Å²) in [7, 11) is -3.91. The van der Waals surface area contributed by atoms with E-state index in [1.807, 2.05) is 54.6 Å². The van der Waals surface area contributed by atoms with Crippen molar-refractivity contribution in [3.63, 3.8) is 0 Å². The average molecular weight is 762 g/mol. The Balaban J connectivity index is 1.15. The first-order valence-electron chi connectivity index (χ1n) is 18.1. The predicted molar refractivity (Wildman–Crippen MR) is 198 cm³/mol. The van der Waals surface area contributed by atoms with Crippen LogP contribution in [0.1, 0.15) is 66.6 Å².